The summed E-state index contributed by atoms with van der Waals surface area (Å²) < 4.78 is 5.31. The second-order valence-electron chi connectivity index (χ2n) is 6.81. The predicted octanol–water partition coefficient (Wildman–Crippen LogP) is 3.48. The van der Waals surface area contributed by atoms with E-state index in [9.17, 15) is 9.59 Å². The highest BCUT2D eigenvalue weighted by molar-refractivity contribution is 5.93. The molecule has 1 N–H and O–H groups in total. The number of nitrogens with one attached hydrogen (secondary N) is 1. The first-order valence-electron chi connectivity index (χ1n) is 8.92. The highest BCUT2D eigenvalue weighted by Gasteiger charge is 2.26. The fourth-order valence-electron chi connectivity index (χ4n) is 3.28. The van der Waals surface area contributed by atoms with Gasteiger partial charge < -0.3 is 10.1 Å². The minimum absolute atomic E-state index is 0.168. The predicted molar refractivity (Wildman–Crippen MR) is 96.2 cm³/mol. The molecular weight excluding hydrogens is 316 g/mol. The van der Waals surface area contributed by atoms with Crippen LogP contribution in [0.4, 0.5) is 0 Å². The van der Waals surface area contributed by atoms with Gasteiger partial charge in [0.05, 0.1) is 5.52 Å². The molecule has 1 saturated carbocycles. The first-order chi connectivity index (χ1) is 12.0. The molecule has 0 unspecified atom stereocenters. The molecule has 0 bridgehead atoms. The van der Waals surface area contributed by atoms with Crippen LogP contribution >= 0.6 is 0 Å². The van der Waals surface area contributed by atoms with Crippen molar-refractivity contribution >= 4 is 22.8 Å². The Hall–Kier alpha value is -2.43. The number of hydrogen-bond donors (Lipinski definition) is 1. The molecule has 1 amide bonds. The Kier molecular flexibility index (Phi) is 5.31. The standard InChI is InChI=1S/C20H24N2O3/c1-13-7-3-5-9-16(13)22-19(23)14(2)25-20(24)18-12-11-15-8-4-6-10-17(15)21-18/h4,6,8,10-14,16H,3,5,7,9H2,1-2H3,(H,22,23)/t13-,14+,16-/m0/s1. The molecule has 1 aromatic carbocycles. The van der Waals surface area contributed by atoms with Gasteiger partial charge in [0.2, 0.25) is 0 Å². The van der Waals surface area contributed by atoms with E-state index in [1.165, 1.54) is 6.42 Å². The van der Waals surface area contributed by atoms with Crippen LogP contribution in [0.15, 0.2) is 36.4 Å². The lowest BCUT2D eigenvalue weighted by Crippen LogP contribution is -2.46. The van der Waals surface area contributed by atoms with Crippen molar-refractivity contribution in [2.24, 2.45) is 5.92 Å². The van der Waals surface area contributed by atoms with Crippen LogP contribution in [0.5, 0.6) is 0 Å². The van der Waals surface area contributed by atoms with Gasteiger partial charge in [-0.3, -0.25) is 4.79 Å². The molecule has 0 spiro atoms. The molecule has 0 saturated heterocycles. The van der Waals surface area contributed by atoms with Gasteiger partial charge in [-0.25, -0.2) is 9.78 Å². The van der Waals surface area contributed by atoms with Crippen molar-refractivity contribution in [3.63, 3.8) is 0 Å². The molecule has 132 valence electrons. The maximum Gasteiger partial charge on any atom is 0.357 e. The van der Waals surface area contributed by atoms with Gasteiger partial charge in [0.1, 0.15) is 5.69 Å². The number of carbonyl (C=O) groups is 2. The van der Waals surface area contributed by atoms with Crippen LogP contribution in [-0.4, -0.2) is 29.0 Å². The van der Waals surface area contributed by atoms with Crippen molar-refractivity contribution in [3.8, 4) is 0 Å². The number of pyridine rings is 1. The third-order valence-electron chi connectivity index (χ3n) is 4.90. The Morgan fingerprint density at radius 1 is 1.16 bits per heavy atom. The molecule has 1 fully saturated rings. The van der Waals surface area contributed by atoms with Crippen molar-refractivity contribution in [3.05, 3.63) is 42.1 Å². The van der Waals surface area contributed by atoms with E-state index in [1.54, 1.807) is 13.0 Å². The van der Waals surface area contributed by atoms with Gasteiger partial charge in [0.15, 0.2) is 6.10 Å². The number of para-hydroxylation sites is 1. The van der Waals surface area contributed by atoms with Crippen LogP contribution in [0.25, 0.3) is 10.9 Å². The minimum atomic E-state index is -0.838. The summed E-state index contributed by atoms with van der Waals surface area (Å²) in [4.78, 5) is 28.9. The van der Waals surface area contributed by atoms with E-state index in [1.807, 2.05) is 30.3 Å². The molecule has 0 radical (unpaired) electrons. The molecule has 25 heavy (non-hydrogen) atoms. The number of hydrogen-bond acceptors (Lipinski definition) is 4. The van der Waals surface area contributed by atoms with Crippen LogP contribution in [-0.2, 0) is 9.53 Å². The smallest absolute Gasteiger partial charge is 0.357 e. The molecule has 3 atom stereocenters. The Morgan fingerprint density at radius 3 is 2.72 bits per heavy atom. The zero-order chi connectivity index (χ0) is 17.8. The number of benzene rings is 1. The maximum absolute atomic E-state index is 12.3. The zero-order valence-corrected chi connectivity index (χ0v) is 14.7. The Balaban J connectivity index is 1.61. The van der Waals surface area contributed by atoms with E-state index in [2.05, 4.69) is 17.2 Å². The van der Waals surface area contributed by atoms with Gasteiger partial charge in [0, 0.05) is 11.4 Å². The van der Waals surface area contributed by atoms with E-state index in [0.717, 1.165) is 30.2 Å². The quantitative estimate of drug-likeness (QED) is 0.865. The molecule has 3 rings (SSSR count). The zero-order valence-electron chi connectivity index (χ0n) is 14.7. The van der Waals surface area contributed by atoms with E-state index >= 15 is 0 Å². The SMILES string of the molecule is C[C@@H](OC(=O)c1ccc2ccccc2n1)C(=O)N[C@H]1CCCC[C@@H]1C. The summed E-state index contributed by atoms with van der Waals surface area (Å²) >= 11 is 0. The molecule has 5 heteroatoms. The average molecular weight is 340 g/mol. The monoisotopic (exact) mass is 340 g/mol. The fraction of sp³-hybridized carbons (Fsp3) is 0.450. The van der Waals surface area contributed by atoms with Crippen LogP contribution < -0.4 is 5.32 Å². The van der Waals surface area contributed by atoms with Crippen molar-refractivity contribution in [2.75, 3.05) is 0 Å². The number of nitrogens with zero attached hydrogens (tertiary/aromatic N) is 1. The highest BCUT2D eigenvalue weighted by Crippen LogP contribution is 2.23. The van der Waals surface area contributed by atoms with E-state index < -0.39 is 12.1 Å². The summed E-state index contributed by atoms with van der Waals surface area (Å²) in [6.07, 6.45) is 3.62. The van der Waals surface area contributed by atoms with Gasteiger partial charge in [-0.15, -0.1) is 0 Å². The Bertz CT molecular complexity index is 774. The molecule has 1 aliphatic rings. The number of aromatic nitrogens is 1. The lowest BCUT2D eigenvalue weighted by atomic mass is 9.86. The summed E-state index contributed by atoms with van der Waals surface area (Å²) in [6, 6.07) is 11.2. The number of amides is 1. The largest absolute Gasteiger partial charge is 0.448 e. The molecule has 2 aromatic rings. The van der Waals surface area contributed by atoms with Crippen LogP contribution in [0.3, 0.4) is 0 Å². The topological polar surface area (TPSA) is 68.3 Å². The van der Waals surface area contributed by atoms with Crippen molar-refractivity contribution in [1.29, 1.82) is 0 Å². The van der Waals surface area contributed by atoms with E-state index in [4.69, 9.17) is 4.74 Å². The fourth-order valence-corrected chi connectivity index (χ4v) is 3.28. The first kappa shape index (κ1) is 17.4. The number of rotatable bonds is 4. The maximum atomic E-state index is 12.3. The third kappa shape index (κ3) is 4.16. The summed E-state index contributed by atoms with van der Waals surface area (Å²) in [5.74, 6) is -0.360. The molecule has 1 aliphatic carbocycles. The molecule has 5 nitrogen and oxygen atoms in total. The van der Waals surface area contributed by atoms with Gasteiger partial charge in [0.25, 0.3) is 5.91 Å². The second-order valence-corrected chi connectivity index (χ2v) is 6.81. The molecule has 1 aromatic heterocycles. The van der Waals surface area contributed by atoms with Crippen LogP contribution in [0, 0.1) is 5.92 Å². The van der Waals surface area contributed by atoms with Gasteiger partial charge in [-0.1, -0.05) is 44.0 Å². The summed E-state index contributed by atoms with van der Waals surface area (Å²) in [5.41, 5.74) is 0.939. The average Bonchev–Trinajstić information content (AvgIpc) is 2.63. The number of ether oxygens (including phenoxy) is 1. The minimum Gasteiger partial charge on any atom is -0.448 e. The first-order valence-corrected chi connectivity index (χ1v) is 8.92. The number of esters is 1. The Labute approximate surface area is 147 Å². The van der Waals surface area contributed by atoms with Gasteiger partial charge >= 0.3 is 5.97 Å². The number of carbonyl (C=O) groups excluding carboxylic acids is 2. The van der Waals surface area contributed by atoms with Gasteiger partial charge in [-0.2, -0.15) is 0 Å². The van der Waals surface area contributed by atoms with E-state index in [0.29, 0.717) is 5.92 Å². The molecule has 1 heterocycles. The lowest BCUT2D eigenvalue weighted by Gasteiger charge is -2.30. The summed E-state index contributed by atoms with van der Waals surface area (Å²) in [6.45, 7) is 3.75. The van der Waals surface area contributed by atoms with Crippen molar-refractivity contribution < 1.29 is 14.3 Å². The highest BCUT2D eigenvalue weighted by atomic mass is 16.5. The van der Waals surface area contributed by atoms with E-state index in [-0.39, 0.29) is 17.6 Å². The molecule has 0 aliphatic heterocycles. The molecular formula is C20H24N2O3. The lowest BCUT2D eigenvalue weighted by molar-refractivity contribution is -0.130. The van der Waals surface area contributed by atoms with Gasteiger partial charge in [-0.05, 0) is 37.8 Å². The summed E-state index contributed by atoms with van der Waals surface area (Å²) in [5, 5.41) is 3.97. The Morgan fingerprint density at radius 2 is 1.92 bits per heavy atom. The van der Waals surface area contributed by atoms with Crippen molar-refractivity contribution in [1.82, 2.24) is 10.3 Å². The van der Waals surface area contributed by atoms with Crippen molar-refractivity contribution in [2.45, 2.75) is 51.7 Å². The summed E-state index contributed by atoms with van der Waals surface area (Å²) in [7, 11) is 0. The third-order valence-corrected chi connectivity index (χ3v) is 4.90. The second kappa shape index (κ2) is 7.64. The van der Waals surface area contributed by atoms with Crippen LogP contribution in [0.2, 0.25) is 0 Å². The van der Waals surface area contributed by atoms with Crippen LogP contribution in [0.1, 0.15) is 50.0 Å². The number of fused-ring (bicyclic) bond motifs is 1. The normalized spacial score (nSPS) is 21.5.